The van der Waals surface area contributed by atoms with Crippen molar-refractivity contribution in [2.24, 2.45) is 40.4 Å². The van der Waals surface area contributed by atoms with E-state index in [1.807, 2.05) is 25.6 Å². The van der Waals surface area contributed by atoms with Crippen molar-refractivity contribution in [3.63, 3.8) is 0 Å². The third-order valence-corrected chi connectivity index (χ3v) is 10.5. The van der Waals surface area contributed by atoms with Crippen LogP contribution in [0.1, 0.15) is 77.5 Å². The lowest BCUT2D eigenvalue weighted by Crippen LogP contribution is -2.58. The monoisotopic (exact) mass is 431 g/mol. The average Bonchev–Trinajstić information content (AvgIpc) is 3.08. The van der Waals surface area contributed by atoms with E-state index in [2.05, 4.69) is 17.2 Å². The van der Waals surface area contributed by atoms with Gasteiger partial charge in [-0.2, -0.15) is 0 Å². The maximum atomic E-state index is 13.3. The van der Waals surface area contributed by atoms with Gasteiger partial charge in [0.2, 0.25) is 0 Å². The Balaban J connectivity index is 1.38. The summed E-state index contributed by atoms with van der Waals surface area (Å²) in [6.07, 6.45) is 9.98. The van der Waals surface area contributed by atoms with Crippen LogP contribution in [0.15, 0.2) is 0 Å². The summed E-state index contributed by atoms with van der Waals surface area (Å²) < 4.78 is 7.75. The van der Waals surface area contributed by atoms with E-state index in [9.17, 15) is 9.90 Å². The number of rotatable bonds is 5. The number of nitrogens with one attached hydrogen (secondary N) is 1. The molecule has 1 heterocycles. The number of aryl methyl sites for hydroxylation is 1. The Kier molecular flexibility index (Phi) is 5.21. The second-order valence-corrected chi connectivity index (χ2v) is 12.0. The summed E-state index contributed by atoms with van der Waals surface area (Å²) in [6.45, 7) is 7.68. The van der Waals surface area contributed by atoms with Gasteiger partial charge in [0.05, 0.1) is 12.2 Å². The largest absolute Gasteiger partial charge is 0.390 e. The average molecular weight is 432 g/mol. The molecule has 1 aromatic rings. The second kappa shape index (κ2) is 7.44. The molecular weight excluding hydrogens is 390 g/mol. The Labute approximate surface area is 186 Å². The molecule has 0 amide bonds. The number of methoxy groups -OCH3 is 1. The maximum Gasteiger partial charge on any atom is 0.157 e. The Morgan fingerprint density at radius 3 is 2.65 bits per heavy atom. The van der Waals surface area contributed by atoms with Crippen molar-refractivity contribution in [1.82, 2.24) is 15.0 Å². The fraction of sp³-hybridized carbons (Fsp3) is 0.920. The van der Waals surface area contributed by atoms with Gasteiger partial charge in [0.15, 0.2) is 5.78 Å². The van der Waals surface area contributed by atoms with E-state index in [-0.39, 0.29) is 16.7 Å². The number of hydrogen-bond acceptors (Lipinski definition) is 4. The lowest BCUT2D eigenvalue weighted by Gasteiger charge is -2.62. The van der Waals surface area contributed by atoms with Crippen LogP contribution in [0.3, 0.4) is 0 Å². The van der Waals surface area contributed by atoms with Gasteiger partial charge in [0.1, 0.15) is 12.4 Å². The molecule has 0 unspecified atom stereocenters. The third-order valence-electron chi connectivity index (χ3n) is 10.5. The molecule has 0 radical (unpaired) electrons. The summed E-state index contributed by atoms with van der Waals surface area (Å²) in [5, 5.41) is 17.8. The molecule has 2 N–H and O–H groups in total. The van der Waals surface area contributed by atoms with Crippen molar-refractivity contribution in [1.29, 1.82) is 0 Å². The van der Waals surface area contributed by atoms with Gasteiger partial charge in [-0.15, -0.1) is 5.10 Å². The molecule has 6 heteroatoms. The first-order valence-electron chi connectivity index (χ1n) is 12.5. The molecular formula is C25H41N3O3. The van der Waals surface area contributed by atoms with E-state index in [1.165, 1.54) is 25.7 Å². The zero-order valence-electron chi connectivity index (χ0n) is 19.8. The number of carbonyl (C=O) groups is 1. The number of aliphatic hydroxyl groups is 1. The summed E-state index contributed by atoms with van der Waals surface area (Å²) in [5.74, 6) is 4.08. The van der Waals surface area contributed by atoms with Gasteiger partial charge in [-0.05, 0) is 106 Å². The van der Waals surface area contributed by atoms with Crippen LogP contribution in [0.5, 0.6) is 0 Å². The molecule has 1 aromatic heterocycles. The van der Waals surface area contributed by atoms with Gasteiger partial charge in [0, 0.05) is 13.0 Å². The van der Waals surface area contributed by atoms with Crippen LogP contribution in [0.25, 0.3) is 0 Å². The fourth-order valence-corrected chi connectivity index (χ4v) is 8.95. The standard InChI is InChI=1S/C25H41N3O3/c1-16-26-27-28(16)14-22(29)21-8-7-19-18-6-5-17-13-23(2,30)11-12-25(17,15-31-4)20(18)9-10-24(19,21)3/h17-21,27,30H,5-15H2,1-4H3/t17-,18-,19-,20-,21+,23+,24-,25+/m0/s1. The zero-order valence-corrected chi connectivity index (χ0v) is 19.8. The molecule has 0 bridgehead atoms. The first-order valence-corrected chi connectivity index (χ1v) is 12.5. The number of nitrogens with zero attached hydrogens (tertiary/aromatic N) is 2. The van der Waals surface area contributed by atoms with Crippen molar-refractivity contribution in [3.05, 3.63) is 5.82 Å². The number of ketones is 1. The van der Waals surface area contributed by atoms with E-state index in [0.29, 0.717) is 36.0 Å². The van der Waals surface area contributed by atoms with Gasteiger partial charge in [-0.1, -0.05) is 6.92 Å². The quantitative estimate of drug-likeness (QED) is 0.735. The Hall–Kier alpha value is -1.14. The van der Waals surface area contributed by atoms with Gasteiger partial charge in [0.25, 0.3) is 0 Å². The number of fused-ring (bicyclic) bond motifs is 5. The Morgan fingerprint density at radius 1 is 1.16 bits per heavy atom. The molecule has 0 aliphatic heterocycles. The molecule has 0 spiro atoms. The zero-order chi connectivity index (χ0) is 22.0. The van der Waals surface area contributed by atoms with Gasteiger partial charge >= 0.3 is 0 Å². The highest BCUT2D eigenvalue weighted by Gasteiger charge is 2.63. The van der Waals surface area contributed by atoms with E-state index < -0.39 is 5.60 Å². The normalized spacial score (nSPS) is 46.9. The van der Waals surface area contributed by atoms with Crippen LogP contribution in [0, 0.1) is 47.3 Å². The van der Waals surface area contributed by atoms with E-state index >= 15 is 0 Å². The summed E-state index contributed by atoms with van der Waals surface area (Å²) in [7, 11) is 1.86. The van der Waals surface area contributed by atoms with Crippen LogP contribution < -0.4 is 0 Å². The van der Waals surface area contributed by atoms with Crippen molar-refractivity contribution in [3.8, 4) is 0 Å². The van der Waals surface area contributed by atoms with E-state index in [1.54, 1.807) is 0 Å². The van der Waals surface area contributed by atoms with Crippen LogP contribution >= 0.6 is 0 Å². The second-order valence-electron chi connectivity index (χ2n) is 12.0. The fourth-order valence-electron chi connectivity index (χ4n) is 8.95. The van der Waals surface area contributed by atoms with Crippen LogP contribution in [0.4, 0.5) is 0 Å². The Bertz CT molecular complexity index is 828. The van der Waals surface area contributed by atoms with Crippen molar-refractivity contribution in [2.45, 2.75) is 90.7 Å². The molecule has 4 fully saturated rings. The topological polar surface area (TPSA) is 80.1 Å². The van der Waals surface area contributed by atoms with Gasteiger partial charge in [-0.25, -0.2) is 9.90 Å². The molecule has 31 heavy (non-hydrogen) atoms. The Morgan fingerprint density at radius 2 is 1.97 bits per heavy atom. The highest BCUT2D eigenvalue weighted by atomic mass is 16.5. The van der Waals surface area contributed by atoms with Crippen molar-refractivity contribution in [2.75, 3.05) is 13.7 Å². The molecule has 4 aliphatic rings. The highest BCUT2D eigenvalue weighted by molar-refractivity contribution is 5.82. The highest BCUT2D eigenvalue weighted by Crippen LogP contribution is 2.68. The molecule has 4 aliphatic carbocycles. The number of ether oxygens (including phenoxy) is 1. The lowest BCUT2D eigenvalue weighted by atomic mass is 9.43. The van der Waals surface area contributed by atoms with Crippen LogP contribution in [0.2, 0.25) is 0 Å². The molecule has 0 aromatic carbocycles. The predicted octanol–water partition coefficient (Wildman–Crippen LogP) is 4.13. The van der Waals surface area contributed by atoms with E-state index in [4.69, 9.17) is 4.74 Å². The first-order chi connectivity index (χ1) is 14.7. The minimum absolute atomic E-state index is 0.134. The van der Waals surface area contributed by atoms with Crippen molar-refractivity contribution < 1.29 is 14.6 Å². The van der Waals surface area contributed by atoms with Gasteiger partial charge in [-0.3, -0.25) is 4.79 Å². The maximum absolute atomic E-state index is 13.3. The van der Waals surface area contributed by atoms with Crippen molar-refractivity contribution >= 4 is 5.78 Å². The molecule has 5 rings (SSSR count). The SMILES string of the molecule is COC[C@]12CC[C@@](C)(O)C[C@@H]1CC[C@H]1[C@@H]3CC[C@H](C(=O)Cn4[nH]nc4C)[C@@]3(C)CC[C@@H]12. The summed E-state index contributed by atoms with van der Waals surface area (Å²) in [5.41, 5.74) is -0.164. The summed E-state index contributed by atoms with van der Waals surface area (Å²) >= 11 is 0. The molecule has 8 atom stereocenters. The number of carbonyl (C=O) groups excluding carboxylic acids is 1. The van der Waals surface area contributed by atoms with Crippen LogP contribution in [-0.4, -0.2) is 45.2 Å². The minimum atomic E-state index is -0.519. The van der Waals surface area contributed by atoms with E-state index in [0.717, 1.165) is 44.5 Å². The molecule has 4 saturated carbocycles. The number of Topliss-reactive ketones (excluding diaryl/α,β-unsaturated/α-hetero) is 1. The summed E-state index contributed by atoms with van der Waals surface area (Å²) in [6, 6.07) is 0. The molecule has 174 valence electrons. The van der Waals surface area contributed by atoms with Crippen LogP contribution in [-0.2, 0) is 16.1 Å². The summed E-state index contributed by atoms with van der Waals surface area (Å²) in [4.78, 5) is 13.3. The minimum Gasteiger partial charge on any atom is -0.390 e. The third kappa shape index (κ3) is 3.26. The first kappa shape index (κ1) is 21.7. The molecule has 0 saturated heterocycles. The number of hydrogen-bond donors (Lipinski definition) is 2. The number of aromatic amines is 1. The van der Waals surface area contributed by atoms with Gasteiger partial charge < -0.3 is 9.84 Å². The predicted molar refractivity (Wildman–Crippen MR) is 118 cm³/mol. The smallest absolute Gasteiger partial charge is 0.157 e. The number of aromatic nitrogens is 3. The number of H-pyrrole nitrogens is 1. The molecule has 6 nitrogen and oxygen atoms in total. The lowest BCUT2D eigenvalue weighted by molar-refractivity contribution is -0.175.